The first-order valence-corrected chi connectivity index (χ1v) is 8.71. The van der Waals surface area contributed by atoms with Crippen LogP contribution in [-0.2, 0) is 6.18 Å². The lowest BCUT2D eigenvalue weighted by molar-refractivity contribution is -0.137. The molecule has 146 valence electrons. The van der Waals surface area contributed by atoms with Gasteiger partial charge in [-0.05, 0) is 38.0 Å². The van der Waals surface area contributed by atoms with Crippen molar-refractivity contribution in [2.75, 3.05) is 11.9 Å². The summed E-state index contributed by atoms with van der Waals surface area (Å²) in [6.45, 7) is 1.65. The second-order valence-corrected chi connectivity index (χ2v) is 6.81. The lowest BCUT2D eigenvalue weighted by Crippen LogP contribution is -2.44. The first-order chi connectivity index (χ1) is 12.7. The number of phenolic OH excluding ortho intramolecular Hbond substituents is 1. The fraction of sp³-hybridized carbons (Fsp3) is 0.500. The highest BCUT2D eigenvalue weighted by Gasteiger charge is 2.32. The van der Waals surface area contributed by atoms with Gasteiger partial charge in [0.2, 0.25) is 5.95 Å². The molecule has 0 spiro atoms. The van der Waals surface area contributed by atoms with Crippen LogP contribution in [0.4, 0.5) is 19.1 Å². The summed E-state index contributed by atoms with van der Waals surface area (Å²) in [6, 6.07) is 2.60. The number of aliphatic hydroxyl groups excluding tert-OH is 1. The van der Waals surface area contributed by atoms with Crippen LogP contribution in [0.5, 0.6) is 5.75 Å². The number of hydrogen-bond acceptors (Lipinski definition) is 6. The first kappa shape index (κ1) is 19.3. The van der Waals surface area contributed by atoms with Crippen molar-refractivity contribution in [1.82, 2.24) is 15.2 Å². The Morgan fingerprint density at radius 2 is 1.85 bits per heavy atom. The van der Waals surface area contributed by atoms with Gasteiger partial charge >= 0.3 is 6.18 Å². The minimum Gasteiger partial charge on any atom is -0.507 e. The van der Waals surface area contributed by atoms with E-state index in [0.717, 1.165) is 37.8 Å². The molecule has 0 unspecified atom stereocenters. The van der Waals surface area contributed by atoms with Gasteiger partial charge in [0, 0.05) is 12.6 Å². The maximum Gasteiger partial charge on any atom is 0.416 e. The van der Waals surface area contributed by atoms with E-state index in [2.05, 4.69) is 15.2 Å². The molecule has 2 atom stereocenters. The second-order valence-electron chi connectivity index (χ2n) is 6.81. The zero-order valence-corrected chi connectivity index (χ0v) is 15.0. The van der Waals surface area contributed by atoms with Crippen LogP contribution in [-0.4, -0.2) is 44.6 Å². The fourth-order valence-corrected chi connectivity index (χ4v) is 3.39. The van der Waals surface area contributed by atoms with E-state index in [9.17, 15) is 23.4 Å². The molecule has 1 aromatic heterocycles. The number of alkyl halides is 3. The number of halogens is 3. The molecule has 2 aromatic rings. The summed E-state index contributed by atoms with van der Waals surface area (Å²) in [5, 5.41) is 28.3. The summed E-state index contributed by atoms with van der Waals surface area (Å²) < 4.78 is 38.3. The highest BCUT2D eigenvalue weighted by Crippen LogP contribution is 2.36. The minimum atomic E-state index is -4.54. The zero-order chi connectivity index (χ0) is 19.8. The van der Waals surface area contributed by atoms with Crippen molar-refractivity contribution < 1.29 is 23.4 Å². The Hall–Kier alpha value is -2.42. The Bertz CT molecular complexity index is 829. The Morgan fingerprint density at radius 1 is 1.15 bits per heavy atom. The molecule has 1 aliphatic rings. The summed E-state index contributed by atoms with van der Waals surface area (Å²) in [5.41, 5.74) is -0.174. The van der Waals surface area contributed by atoms with E-state index in [1.807, 2.05) is 0 Å². The van der Waals surface area contributed by atoms with Gasteiger partial charge in [0.05, 0.1) is 23.4 Å². The Labute approximate surface area is 154 Å². The van der Waals surface area contributed by atoms with E-state index in [1.165, 1.54) is 0 Å². The lowest BCUT2D eigenvalue weighted by atomic mass is 9.92. The molecule has 9 heteroatoms. The molecule has 0 saturated heterocycles. The standard InChI is InChI=1S/C18H21F3N4O2/c1-10-16(12-8-7-11(9-15(12)27)18(19,20)21)23-24-17(22-10)25(2)13-5-3-4-6-14(13)26/h7-9,13-14,26-27H,3-6H2,1-2H3/t13-,14-/m1/s1. The van der Waals surface area contributed by atoms with Gasteiger partial charge in [0.15, 0.2) is 0 Å². The van der Waals surface area contributed by atoms with Gasteiger partial charge in [0.25, 0.3) is 0 Å². The third kappa shape index (κ3) is 3.97. The van der Waals surface area contributed by atoms with Crippen molar-refractivity contribution in [3.05, 3.63) is 29.5 Å². The normalized spacial score (nSPS) is 20.5. The Morgan fingerprint density at radius 3 is 2.44 bits per heavy atom. The molecule has 1 aliphatic carbocycles. The molecule has 2 N–H and O–H groups in total. The number of hydrogen-bond donors (Lipinski definition) is 2. The van der Waals surface area contributed by atoms with Crippen LogP contribution in [0.25, 0.3) is 11.3 Å². The summed E-state index contributed by atoms with van der Waals surface area (Å²) >= 11 is 0. The van der Waals surface area contributed by atoms with Crippen LogP contribution in [0, 0.1) is 6.92 Å². The quantitative estimate of drug-likeness (QED) is 0.848. The molecule has 0 amide bonds. The lowest BCUT2D eigenvalue weighted by Gasteiger charge is -2.35. The number of phenols is 1. The third-order valence-electron chi connectivity index (χ3n) is 4.94. The fourth-order valence-electron chi connectivity index (χ4n) is 3.39. The molecular weight excluding hydrogens is 361 g/mol. The largest absolute Gasteiger partial charge is 0.507 e. The number of aryl methyl sites for hydroxylation is 1. The zero-order valence-electron chi connectivity index (χ0n) is 15.0. The van der Waals surface area contributed by atoms with Crippen LogP contribution >= 0.6 is 0 Å². The molecule has 3 rings (SSSR count). The molecule has 6 nitrogen and oxygen atoms in total. The minimum absolute atomic E-state index is 0.106. The predicted octanol–water partition coefficient (Wildman–Crippen LogP) is 3.31. The van der Waals surface area contributed by atoms with Gasteiger partial charge in [0.1, 0.15) is 11.4 Å². The highest BCUT2D eigenvalue weighted by atomic mass is 19.4. The van der Waals surface area contributed by atoms with Gasteiger partial charge < -0.3 is 15.1 Å². The first-order valence-electron chi connectivity index (χ1n) is 8.71. The molecule has 1 aromatic carbocycles. The van der Waals surface area contributed by atoms with Crippen LogP contribution in [0.3, 0.4) is 0 Å². The summed E-state index contributed by atoms with van der Waals surface area (Å²) in [5.74, 6) is -0.207. The molecular formula is C18H21F3N4O2. The SMILES string of the molecule is Cc1nc(N(C)[C@@H]2CCCC[C@H]2O)nnc1-c1ccc(C(F)(F)F)cc1O. The average Bonchev–Trinajstić information content (AvgIpc) is 2.61. The van der Waals surface area contributed by atoms with Crippen LogP contribution in [0.1, 0.15) is 36.9 Å². The van der Waals surface area contributed by atoms with Crippen LogP contribution in [0.15, 0.2) is 18.2 Å². The van der Waals surface area contributed by atoms with Crippen molar-refractivity contribution in [2.24, 2.45) is 0 Å². The van der Waals surface area contributed by atoms with Crippen molar-refractivity contribution in [3.63, 3.8) is 0 Å². The van der Waals surface area contributed by atoms with Crippen molar-refractivity contribution >= 4 is 5.95 Å². The number of likely N-dealkylation sites (N-methyl/N-ethyl adjacent to an activating group) is 1. The Balaban J connectivity index is 1.89. The van der Waals surface area contributed by atoms with E-state index in [0.29, 0.717) is 17.7 Å². The van der Waals surface area contributed by atoms with Crippen molar-refractivity contribution in [1.29, 1.82) is 0 Å². The number of benzene rings is 1. The van der Waals surface area contributed by atoms with Gasteiger partial charge in [-0.2, -0.15) is 13.2 Å². The summed E-state index contributed by atoms with van der Waals surface area (Å²) in [7, 11) is 1.78. The topological polar surface area (TPSA) is 82.4 Å². The average molecular weight is 382 g/mol. The smallest absolute Gasteiger partial charge is 0.416 e. The van der Waals surface area contributed by atoms with Crippen molar-refractivity contribution in [3.8, 4) is 17.0 Å². The van der Waals surface area contributed by atoms with Gasteiger partial charge in [-0.1, -0.05) is 12.8 Å². The van der Waals surface area contributed by atoms with E-state index in [-0.39, 0.29) is 17.3 Å². The summed E-state index contributed by atoms with van der Waals surface area (Å²) in [4.78, 5) is 6.16. The number of anilines is 1. The number of aliphatic hydroxyl groups is 1. The number of rotatable bonds is 3. The molecule has 1 saturated carbocycles. The van der Waals surface area contributed by atoms with Gasteiger partial charge in [-0.25, -0.2) is 4.98 Å². The molecule has 27 heavy (non-hydrogen) atoms. The van der Waals surface area contributed by atoms with Crippen LogP contribution in [0.2, 0.25) is 0 Å². The van der Waals surface area contributed by atoms with E-state index in [1.54, 1.807) is 18.9 Å². The second kappa shape index (κ2) is 7.30. The molecule has 1 fully saturated rings. The highest BCUT2D eigenvalue weighted by molar-refractivity contribution is 5.69. The van der Waals surface area contributed by atoms with E-state index < -0.39 is 23.6 Å². The van der Waals surface area contributed by atoms with Crippen molar-refractivity contribution in [2.45, 2.75) is 50.9 Å². The maximum absolute atomic E-state index is 12.8. The molecule has 0 bridgehead atoms. The van der Waals surface area contributed by atoms with Gasteiger partial charge in [-0.15, -0.1) is 10.2 Å². The number of aromatic hydroxyl groups is 1. The van der Waals surface area contributed by atoms with Gasteiger partial charge in [-0.3, -0.25) is 0 Å². The Kier molecular flexibility index (Phi) is 5.23. The van der Waals surface area contributed by atoms with E-state index >= 15 is 0 Å². The molecule has 0 radical (unpaired) electrons. The molecule has 1 heterocycles. The van der Waals surface area contributed by atoms with E-state index in [4.69, 9.17) is 0 Å². The predicted molar refractivity (Wildman–Crippen MR) is 93.3 cm³/mol. The monoisotopic (exact) mass is 382 g/mol. The number of aromatic nitrogens is 3. The molecule has 0 aliphatic heterocycles. The summed E-state index contributed by atoms with van der Waals surface area (Å²) in [6.07, 6.45) is -1.47. The maximum atomic E-state index is 12.8. The number of nitrogens with zero attached hydrogens (tertiary/aromatic N) is 4. The van der Waals surface area contributed by atoms with Crippen LogP contribution < -0.4 is 4.90 Å². The third-order valence-corrected chi connectivity index (χ3v) is 4.94.